The number of ether oxygens (including phenoxy) is 1. The fourth-order valence-corrected chi connectivity index (χ4v) is 2.37. The third-order valence-electron chi connectivity index (χ3n) is 2.78. The highest BCUT2D eigenvalue weighted by molar-refractivity contribution is 7.15. The van der Waals surface area contributed by atoms with Crippen molar-refractivity contribution >= 4 is 22.5 Å². The van der Waals surface area contributed by atoms with E-state index in [-0.39, 0.29) is 11.0 Å². The van der Waals surface area contributed by atoms with E-state index in [2.05, 4.69) is 15.5 Å². The highest BCUT2D eigenvalue weighted by Gasteiger charge is 2.36. The Kier molecular flexibility index (Phi) is 4.43. The number of carbonyl (C=O) groups excluding carboxylic acids is 1. The maximum absolute atomic E-state index is 12.3. The quantitative estimate of drug-likeness (QED) is 0.928. The minimum Gasteiger partial charge on any atom is -0.381 e. The molecular weight excluding hydrogens is 297 g/mol. The van der Waals surface area contributed by atoms with Gasteiger partial charge in [-0.3, -0.25) is 5.32 Å². The summed E-state index contributed by atoms with van der Waals surface area (Å²) in [7, 11) is 1.57. The second-order valence-corrected chi connectivity index (χ2v) is 5.43. The smallest absolute Gasteiger partial charge is 0.381 e. The SMILES string of the molecule is CN(CC1CCOC1)C(=O)Nc1nnc(C(F)(F)F)s1. The van der Waals surface area contributed by atoms with Gasteiger partial charge in [0, 0.05) is 26.1 Å². The molecular formula is C10H13F3N4O2S. The minimum atomic E-state index is -4.55. The first kappa shape index (κ1) is 15.0. The van der Waals surface area contributed by atoms with Crippen molar-refractivity contribution in [2.45, 2.75) is 12.6 Å². The Morgan fingerprint density at radius 3 is 2.85 bits per heavy atom. The summed E-state index contributed by atoms with van der Waals surface area (Å²) in [4.78, 5) is 13.2. The summed E-state index contributed by atoms with van der Waals surface area (Å²) in [6.07, 6.45) is -3.68. The van der Waals surface area contributed by atoms with E-state index in [4.69, 9.17) is 4.74 Å². The lowest BCUT2D eigenvalue weighted by Crippen LogP contribution is -2.35. The van der Waals surface area contributed by atoms with Gasteiger partial charge in [0.2, 0.25) is 10.1 Å². The van der Waals surface area contributed by atoms with Crippen molar-refractivity contribution in [3.63, 3.8) is 0 Å². The van der Waals surface area contributed by atoms with Gasteiger partial charge in [-0.25, -0.2) is 4.79 Å². The second-order valence-electron chi connectivity index (χ2n) is 4.45. The molecule has 2 amide bonds. The van der Waals surface area contributed by atoms with E-state index in [1.807, 2.05) is 0 Å². The van der Waals surface area contributed by atoms with Gasteiger partial charge in [0.05, 0.1) is 6.61 Å². The number of urea groups is 1. The first-order valence-corrected chi connectivity index (χ1v) is 6.68. The van der Waals surface area contributed by atoms with E-state index < -0.39 is 17.2 Å². The molecule has 1 atom stereocenters. The zero-order chi connectivity index (χ0) is 14.8. The van der Waals surface area contributed by atoms with Crippen molar-refractivity contribution in [1.82, 2.24) is 15.1 Å². The Balaban J connectivity index is 1.88. The molecule has 1 aromatic rings. The van der Waals surface area contributed by atoms with Gasteiger partial charge in [0.1, 0.15) is 0 Å². The number of halogens is 3. The number of aromatic nitrogens is 2. The number of carbonyl (C=O) groups is 1. The molecule has 20 heavy (non-hydrogen) atoms. The van der Waals surface area contributed by atoms with Crippen LogP contribution in [-0.2, 0) is 10.9 Å². The van der Waals surface area contributed by atoms with Crippen molar-refractivity contribution in [2.24, 2.45) is 5.92 Å². The summed E-state index contributed by atoms with van der Waals surface area (Å²) >= 11 is 0.298. The lowest BCUT2D eigenvalue weighted by molar-refractivity contribution is -0.138. The van der Waals surface area contributed by atoms with Crippen LogP contribution in [0, 0.1) is 5.92 Å². The lowest BCUT2D eigenvalue weighted by atomic mass is 10.1. The highest BCUT2D eigenvalue weighted by atomic mass is 32.1. The standard InChI is InChI=1S/C10H13F3N4O2S/c1-17(4-6-2-3-19-5-6)9(18)14-8-16-15-7(20-8)10(11,12)13/h6H,2-5H2,1H3,(H,14,16,18). The third kappa shape index (κ3) is 3.79. The second kappa shape index (κ2) is 5.92. The van der Waals surface area contributed by atoms with E-state index in [1.165, 1.54) is 4.90 Å². The van der Waals surface area contributed by atoms with Gasteiger partial charge in [-0.05, 0) is 6.42 Å². The first-order valence-electron chi connectivity index (χ1n) is 5.87. The average molecular weight is 310 g/mol. The van der Waals surface area contributed by atoms with Gasteiger partial charge in [-0.1, -0.05) is 11.3 Å². The summed E-state index contributed by atoms with van der Waals surface area (Å²) in [5.74, 6) is 0.255. The summed E-state index contributed by atoms with van der Waals surface area (Å²) < 4.78 is 42.2. The predicted molar refractivity (Wildman–Crippen MR) is 65.5 cm³/mol. The summed E-state index contributed by atoms with van der Waals surface area (Å²) in [5, 5.41) is 7.34. The zero-order valence-electron chi connectivity index (χ0n) is 10.6. The Morgan fingerprint density at radius 1 is 1.55 bits per heavy atom. The molecule has 1 aliphatic rings. The van der Waals surface area contributed by atoms with Crippen LogP contribution in [0.2, 0.25) is 0 Å². The van der Waals surface area contributed by atoms with Crippen LogP contribution in [0.1, 0.15) is 11.4 Å². The van der Waals surface area contributed by atoms with Gasteiger partial charge in [0.25, 0.3) is 0 Å². The molecule has 1 unspecified atom stereocenters. The molecule has 0 aromatic carbocycles. The highest BCUT2D eigenvalue weighted by Crippen LogP contribution is 2.33. The molecule has 1 fully saturated rings. The van der Waals surface area contributed by atoms with E-state index in [0.717, 1.165) is 6.42 Å². The Labute approximate surface area is 116 Å². The molecule has 10 heteroatoms. The van der Waals surface area contributed by atoms with Crippen LogP contribution in [-0.4, -0.2) is 47.9 Å². The monoisotopic (exact) mass is 310 g/mol. The van der Waals surface area contributed by atoms with Crippen LogP contribution < -0.4 is 5.32 Å². The van der Waals surface area contributed by atoms with Gasteiger partial charge in [-0.2, -0.15) is 13.2 Å². The van der Waals surface area contributed by atoms with Crippen molar-refractivity contribution < 1.29 is 22.7 Å². The zero-order valence-corrected chi connectivity index (χ0v) is 11.4. The molecule has 0 saturated carbocycles. The number of rotatable bonds is 3. The largest absolute Gasteiger partial charge is 0.445 e. The third-order valence-corrected chi connectivity index (χ3v) is 3.67. The number of amides is 2. The van der Waals surface area contributed by atoms with E-state index in [0.29, 0.717) is 31.1 Å². The summed E-state index contributed by atoms with van der Waals surface area (Å²) in [6.45, 7) is 1.75. The molecule has 1 saturated heterocycles. The number of hydrogen-bond donors (Lipinski definition) is 1. The van der Waals surface area contributed by atoms with Gasteiger partial charge < -0.3 is 9.64 Å². The maximum atomic E-state index is 12.3. The molecule has 0 bridgehead atoms. The van der Waals surface area contributed by atoms with E-state index in [1.54, 1.807) is 7.05 Å². The first-order chi connectivity index (χ1) is 9.36. The fourth-order valence-electron chi connectivity index (χ4n) is 1.77. The van der Waals surface area contributed by atoms with Crippen LogP contribution in [0.3, 0.4) is 0 Å². The number of hydrogen-bond acceptors (Lipinski definition) is 5. The Morgan fingerprint density at radius 2 is 2.30 bits per heavy atom. The molecule has 1 aliphatic heterocycles. The number of anilines is 1. The minimum absolute atomic E-state index is 0.170. The number of nitrogens with one attached hydrogen (secondary N) is 1. The normalized spacial score (nSPS) is 19.1. The Hall–Kier alpha value is -1.42. The van der Waals surface area contributed by atoms with Gasteiger partial charge >= 0.3 is 12.2 Å². The van der Waals surface area contributed by atoms with Crippen molar-refractivity contribution in [1.29, 1.82) is 0 Å². The van der Waals surface area contributed by atoms with Crippen LogP contribution in [0.25, 0.3) is 0 Å². The Bertz CT molecular complexity index is 473. The van der Waals surface area contributed by atoms with Crippen molar-refractivity contribution in [3.8, 4) is 0 Å². The molecule has 2 heterocycles. The molecule has 0 radical (unpaired) electrons. The summed E-state index contributed by atoms with van der Waals surface area (Å²) in [5.41, 5.74) is 0. The van der Waals surface area contributed by atoms with Crippen LogP contribution in [0.4, 0.5) is 23.1 Å². The predicted octanol–water partition coefficient (Wildman–Crippen LogP) is 2.06. The van der Waals surface area contributed by atoms with E-state index in [9.17, 15) is 18.0 Å². The van der Waals surface area contributed by atoms with E-state index >= 15 is 0 Å². The lowest BCUT2D eigenvalue weighted by Gasteiger charge is -2.19. The van der Waals surface area contributed by atoms with Gasteiger partial charge in [-0.15, -0.1) is 10.2 Å². The van der Waals surface area contributed by atoms with Crippen molar-refractivity contribution in [2.75, 3.05) is 32.1 Å². The van der Waals surface area contributed by atoms with Crippen LogP contribution >= 0.6 is 11.3 Å². The molecule has 0 aliphatic carbocycles. The van der Waals surface area contributed by atoms with Crippen LogP contribution in [0.5, 0.6) is 0 Å². The molecule has 1 N–H and O–H groups in total. The summed E-state index contributed by atoms with van der Waals surface area (Å²) in [6, 6.07) is -0.512. The molecule has 0 spiro atoms. The van der Waals surface area contributed by atoms with Gasteiger partial charge in [0.15, 0.2) is 0 Å². The molecule has 1 aromatic heterocycles. The maximum Gasteiger partial charge on any atom is 0.445 e. The van der Waals surface area contributed by atoms with Crippen LogP contribution in [0.15, 0.2) is 0 Å². The van der Waals surface area contributed by atoms with Crippen molar-refractivity contribution in [3.05, 3.63) is 5.01 Å². The topological polar surface area (TPSA) is 67.3 Å². The fraction of sp³-hybridized carbons (Fsp3) is 0.700. The molecule has 112 valence electrons. The molecule has 2 rings (SSSR count). The number of nitrogens with zero attached hydrogens (tertiary/aromatic N) is 3. The number of alkyl halides is 3. The average Bonchev–Trinajstić information content (AvgIpc) is 2.98. The molecule has 6 nitrogen and oxygen atoms in total.